The summed E-state index contributed by atoms with van der Waals surface area (Å²) >= 11 is 0. The topological polar surface area (TPSA) is 110 Å². The largest absolute Gasteiger partial charge is 0.324 e. The fourth-order valence-corrected chi connectivity index (χ4v) is 2.67. The van der Waals surface area contributed by atoms with E-state index in [0.717, 1.165) is 4.90 Å². The molecular weight excluding hydrogens is 326 g/mol. The third kappa shape index (κ3) is 2.85. The third-order valence-electron chi connectivity index (χ3n) is 3.96. The van der Waals surface area contributed by atoms with Crippen LogP contribution in [0.25, 0.3) is 0 Å². The average Bonchev–Trinajstić information content (AvgIpc) is 2.82. The summed E-state index contributed by atoms with van der Waals surface area (Å²) in [6.45, 7) is 1.05. The van der Waals surface area contributed by atoms with Gasteiger partial charge in [-0.2, -0.15) is 0 Å². The SMILES string of the molecule is Cc1c(NC(=O)CN2C(=O)c3ccccc3C2=O)cccc1[N+](=O)[O-]. The van der Waals surface area contributed by atoms with Gasteiger partial charge < -0.3 is 5.32 Å². The smallest absolute Gasteiger partial charge is 0.274 e. The summed E-state index contributed by atoms with van der Waals surface area (Å²) in [5.41, 5.74) is 0.941. The number of fused-ring (bicyclic) bond motifs is 1. The average molecular weight is 339 g/mol. The molecule has 3 rings (SSSR count). The van der Waals surface area contributed by atoms with Crippen molar-refractivity contribution in [2.24, 2.45) is 0 Å². The highest BCUT2D eigenvalue weighted by atomic mass is 16.6. The number of benzene rings is 2. The van der Waals surface area contributed by atoms with Crippen LogP contribution in [0.15, 0.2) is 42.5 Å². The van der Waals surface area contributed by atoms with Crippen molar-refractivity contribution in [3.05, 3.63) is 69.3 Å². The quantitative estimate of drug-likeness (QED) is 0.521. The second kappa shape index (κ2) is 6.16. The molecular formula is C17H13N3O5. The van der Waals surface area contributed by atoms with Crippen molar-refractivity contribution < 1.29 is 19.3 Å². The van der Waals surface area contributed by atoms with Crippen LogP contribution in [0.2, 0.25) is 0 Å². The van der Waals surface area contributed by atoms with Gasteiger partial charge in [0.2, 0.25) is 5.91 Å². The minimum Gasteiger partial charge on any atom is -0.324 e. The summed E-state index contributed by atoms with van der Waals surface area (Å²) in [5.74, 6) is -1.68. The molecule has 2 aromatic rings. The molecule has 0 fully saturated rings. The van der Waals surface area contributed by atoms with Gasteiger partial charge in [-0.1, -0.05) is 18.2 Å². The Morgan fingerprint density at radius 2 is 1.68 bits per heavy atom. The molecule has 25 heavy (non-hydrogen) atoms. The van der Waals surface area contributed by atoms with E-state index in [1.165, 1.54) is 37.3 Å². The van der Waals surface area contributed by atoms with Crippen molar-refractivity contribution in [3.8, 4) is 0 Å². The molecule has 2 aromatic carbocycles. The van der Waals surface area contributed by atoms with Crippen molar-refractivity contribution in [2.45, 2.75) is 6.92 Å². The van der Waals surface area contributed by atoms with Crippen molar-refractivity contribution >= 4 is 29.1 Å². The number of nitro groups is 1. The Morgan fingerprint density at radius 3 is 2.24 bits per heavy atom. The number of nitrogens with one attached hydrogen (secondary N) is 1. The number of carbonyl (C=O) groups excluding carboxylic acids is 3. The van der Waals surface area contributed by atoms with Gasteiger partial charge in [0.15, 0.2) is 0 Å². The Balaban J connectivity index is 1.77. The van der Waals surface area contributed by atoms with Gasteiger partial charge in [0.25, 0.3) is 17.5 Å². The normalized spacial score (nSPS) is 12.9. The number of nitro benzene ring substituents is 1. The predicted molar refractivity (Wildman–Crippen MR) is 88.3 cm³/mol. The zero-order valence-electron chi connectivity index (χ0n) is 13.2. The van der Waals surface area contributed by atoms with Crippen LogP contribution in [0.3, 0.4) is 0 Å². The molecule has 0 aromatic heterocycles. The maximum atomic E-state index is 12.2. The number of anilines is 1. The summed E-state index contributed by atoms with van der Waals surface area (Å²) in [6.07, 6.45) is 0. The van der Waals surface area contributed by atoms with Crippen LogP contribution in [-0.2, 0) is 4.79 Å². The first-order valence-electron chi connectivity index (χ1n) is 7.39. The molecule has 0 aliphatic carbocycles. The lowest BCUT2D eigenvalue weighted by atomic mass is 10.1. The first-order valence-corrected chi connectivity index (χ1v) is 7.39. The van der Waals surface area contributed by atoms with Crippen LogP contribution in [0.5, 0.6) is 0 Å². The van der Waals surface area contributed by atoms with E-state index < -0.39 is 29.2 Å². The van der Waals surface area contributed by atoms with Gasteiger partial charge >= 0.3 is 0 Å². The standard InChI is InChI=1S/C17H13N3O5/c1-10-13(7-4-8-14(10)20(24)25)18-15(21)9-19-16(22)11-5-2-3-6-12(11)17(19)23/h2-8H,9H2,1H3,(H,18,21). The van der Waals surface area contributed by atoms with E-state index in [4.69, 9.17) is 0 Å². The Morgan fingerprint density at radius 1 is 1.08 bits per heavy atom. The zero-order chi connectivity index (χ0) is 18.1. The first-order chi connectivity index (χ1) is 11.9. The Labute approximate surface area is 142 Å². The molecule has 8 nitrogen and oxygen atoms in total. The van der Waals surface area contributed by atoms with E-state index in [-0.39, 0.29) is 22.5 Å². The van der Waals surface area contributed by atoms with Crippen LogP contribution in [0.1, 0.15) is 26.3 Å². The van der Waals surface area contributed by atoms with Crippen LogP contribution in [0.4, 0.5) is 11.4 Å². The summed E-state index contributed by atoms with van der Waals surface area (Å²) in [4.78, 5) is 48.0. The Bertz CT molecular complexity index is 887. The maximum Gasteiger partial charge on any atom is 0.274 e. The van der Waals surface area contributed by atoms with Gasteiger partial charge in [0, 0.05) is 6.07 Å². The number of hydrogen-bond donors (Lipinski definition) is 1. The molecule has 126 valence electrons. The minimum atomic E-state index is -0.613. The Hall–Kier alpha value is -3.55. The van der Waals surface area contributed by atoms with E-state index in [9.17, 15) is 24.5 Å². The minimum absolute atomic E-state index is 0.126. The summed E-state index contributed by atoms with van der Waals surface area (Å²) in [6, 6.07) is 10.6. The highest BCUT2D eigenvalue weighted by Gasteiger charge is 2.36. The van der Waals surface area contributed by atoms with Gasteiger partial charge in [0.05, 0.1) is 27.3 Å². The lowest BCUT2D eigenvalue weighted by Crippen LogP contribution is -2.37. The Kier molecular flexibility index (Phi) is 4.02. The molecule has 1 aliphatic rings. The number of nitrogens with zero attached hydrogens (tertiary/aromatic N) is 2. The maximum absolute atomic E-state index is 12.2. The summed E-state index contributed by atoms with van der Waals surface area (Å²) in [5, 5.41) is 13.5. The molecule has 8 heteroatoms. The summed E-state index contributed by atoms with van der Waals surface area (Å²) in [7, 11) is 0. The van der Waals surface area contributed by atoms with Crippen LogP contribution in [0, 0.1) is 17.0 Å². The van der Waals surface area contributed by atoms with E-state index >= 15 is 0 Å². The predicted octanol–water partition coefficient (Wildman–Crippen LogP) is 2.14. The lowest BCUT2D eigenvalue weighted by Gasteiger charge is -2.14. The molecule has 0 radical (unpaired) electrons. The number of imide groups is 1. The van der Waals surface area contributed by atoms with Crippen molar-refractivity contribution in [1.82, 2.24) is 4.90 Å². The number of carbonyl (C=O) groups is 3. The second-order valence-corrected chi connectivity index (χ2v) is 5.50. The van der Waals surface area contributed by atoms with Gasteiger partial charge in [-0.25, -0.2) is 0 Å². The lowest BCUT2D eigenvalue weighted by molar-refractivity contribution is -0.385. The molecule has 0 atom stereocenters. The van der Waals surface area contributed by atoms with Gasteiger partial charge in [-0.3, -0.25) is 29.4 Å². The second-order valence-electron chi connectivity index (χ2n) is 5.50. The molecule has 0 saturated carbocycles. The summed E-state index contributed by atoms with van der Waals surface area (Å²) < 4.78 is 0. The highest BCUT2D eigenvalue weighted by Crippen LogP contribution is 2.26. The van der Waals surface area contributed by atoms with Crippen LogP contribution >= 0.6 is 0 Å². The van der Waals surface area contributed by atoms with Crippen molar-refractivity contribution in [2.75, 3.05) is 11.9 Å². The van der Waals surface area contributed by atoms with Gasteiger partial charge in [0.1, 0.15) is 6.54 Å². The number of amides is 3. The van der Waals surface area contributed by atoms with Gasteiger partial charge in [-0.15, -0.1) is 0 Å². The fraction of sp³-hybridized carbons (Fsp3) is 0.118. The van der Waals surface area contributed by atoms with Crippen LogP contribution in [-0.4, -0.2) is 34.1 Å². The van der Waals surface area contributed by atoms with E-state index in [1.54, 1.807) is 12.1 Å². The first kappa shape index (κ1) is 16.3. The molecule has 1 aliphatic heterocycles. The zero-order valence-corrected chi connectivity index (χ0v) is 13.2. The third-order valence-corrected chi connectivity index (χ3v) is 3.96. The van der Waals surface area contributed by atoms with E-state index in [0.29, 0.717) is 5.56 Å². The molecule has 0 spiro atoms. The van der Waals surface area contributed by atoms with E-state index in [2.05, 4.69) is 5.32 Å². The number of rotatable bonds is 4. The van der Waals surface area contributed by atoms with Gasteiger partial charge in [-0.05, 0) is 25.1 Å². The molecule has 0 unspecified atom stereocenters. The fourth-order valence-electron chi connectivity index (χ4n) is 2.67. The molecule has 3 amide bonds. The molecule has 0 bridgehead atoms. The van der Waals surface area contributed by atoms with Crippen LogP contribution < -0.4 is 5.32 Å². The van der Waals surface area contributed by atoms with Crippen molar-refractivity contribution in [1.29, 1.82) is 0 Å². The van der Waals surface area contributed by atoms with E-state index in [1.807, 2.05) is 0 Å². The monoisotopic (exact) mass is 339 g/mol. The van der Waals surface area contributed by atoms with Crippen molar-refractivity contribution in [3.63, 3.8) is 0 Å². The number of hydrogen-bond acceptors (Lipinski definition) is 5. The molecule has 1 N–H and O–H groups in total. The molecule has 0 saturated heterocycles. The molecule has 1 heterocycles. The highest BCUT2D eigenvalue weighted by molar-refractivity contribution is 6.22.